The molecule has 0 bridgehead atoms. The van der Waals surface area contributed by atoms with E-state index < -0.39 is 5.76 Å². The molecule has 0 radical (unpaired) electrons. The van der Waals surface area contributed by atoms with Crippen molar-refractivity contribution in [3.63, 3.8) is 0 Å². The van der Waals surface area contributed by atoms with Crippen molar-refractivity contribution in [1.82, 2.24) is 19.6 Å². The fourth-order valence-electron chi connectivity index (χ4n) is 3.50. The van der Waals surface area contributed by atoms with Gasteiger partial charge in [-0.1, -0.05) is 23.4 Å². The Morgan fingerprint density at radius 2 is 2.14 bits per heavy atom. The van der Waals surface area contributed by atoms with Gasteiger partial charge in [-0.25, -0.2) is 4.79 Å². The quantitative estimate of drug-likeness (QED) is 0.526. The van der Waals surface area contributed by atoms with Crippen molar-refractivity contribution in [2.45, 2.75) is 18.9 Å². The predicted molar refractivity (Wildman–Crippen MR) is 102 cm³/mol. The Hall–Kier alpha value is -3.20. The molecule has 4 heterocycles. The van der Waals surface area contributed by atoms with Crippen molar-refractivity contribution < 1.29 is 13.7 Å². The summed E-state index contributed by atoms with van der Waals surface area (Å²) < 4.78 is 11.9. The first-order valence-electron chi connectivity index (χ1n) is 8.92. The smallest absolute Gasteiger partial charge is 0.408 e. The number of likely N-dealkylation sites (tertiary alicyclic amines) is 1. The van der Waals surface area contributed by atoms with E-state index in [4.69, 9.17) is 8.94 Å². The van der Waals surface area contributed by atoms with Gasteiger partial charge in [0.25, 0.3) is 5.89 Å². The van der Waals surface area contributed by atoms with Crippen LogP contribution in [0.1, 0.15) is 18.2 Å². The van der Waals surface area contributed by atoms with Crippen LogP contribution in [0.3, 0.4) is 0 Å². The lowest BCUT2D eigenvalue weighted by molar-refractivity contribution is -0.130. The summed E-state index contributed by atoms with van der Waals surface area (Å²) >= 11 is 1.54. The Kier molecular flexibility index (Phi) is 4.09. The zero-order valence-corrected chi connectivity index (χ0v) is 15.6. The Morgan fingerprint density at radius 3 is 3.00 bits per heavy atom. The second-order valence-corrected chi connectivity index (χ2v) is 7.63. The van der Waals surface area contributed by atoms with Crippen molar-refractivity contribution in [3.05, 3.63) is 58.2 Å². The predicted octanol–water partition coefficient (Wildman–Crippen LogP) is 2.72. The molecule has 0 unspecified atom stereocenters. The van der Waals surface area contributed by atoms with E-state index >= 15 is 0 Å². The summed E-state index contributed by atoms with van der Waals surface area (Å²) in [4.78, 5) is 32.0. The molecule has 1 atom stereocenters. The van der Waals surface area contributed by atoms with Gasteiger partial charge in [0.2, 0.25) is 5.91 Å². The lowest BCUT2D eigenvalue weighted by atomic mass is 10.1. The highest BCUT2D eigenvalue weighted by molar-refractivity contribution is 7.13. The summed E-state index contributed by atoms with van der Waals surface area (Å²) in [7, 11) is 0. The second-order valence-electron chi connectivity index (χ2n) is 6.68. The molecule has 142 valence electrons. The normalized spacial score (nSPS) is 16.9. The fourth-order valence-corrected chi connectivity index (χ4v) is 4.14. The monoisotopic (exact) mass is 396 g/mol. The summed E-state index contributed by atoms with van der Waals surface area (Å²) in [5.41, 5.74) is 1.10. The van der Waals surface area contributed by atoms with Crippen molar-refractivity contribution in [2.75, 3.05) is 13.1 Å². The molecule has 4 aromatic rings. The van der Waals surface area contributed by atoms with Crippen LogP contribution in [0.2, 0.25) is 0 Å². The minimum absolute atomic E-state index is 0.0271. The Balaban J connectivity index is 1.30. The number of carbonyl (C=O) groups is 1. The third kappa shape index (κ3) is 2.93. The van der Waals surface area contributed by atoms with Gasteiger partial charge in [-0.3, -0.25) is 9.36 Å². The van der Waals surface area contributed by atoms with E-state index in [9.17, 15) is 9.59 Å². The number of benzene rings is 1. The molecule has 28 heavy (non-hydrogen) atoms. The highest BCUT2D eigenvalue weighted by Crippen LogP contribution is 2.29. The van der Waals surface area contributed by atoms with Gasteiger partial charge >= 0.3 is 5.76 Å². The average molecular weight is 396 g/mol. The number of hydrogen-bond donors (Lipinski definition) is 0. The lowest BCUT2D eigenvalue weighted by Gasteiger charge is -2.15. The zero-order chi connectivity index (χ0) is 19.1. The topological polar surface area (TPSA) is 94.4 Å². The molecule has 0 spiro atoms. The van der Waals surface area contributed by atoms with Crippen molar-refractivity contribution >= 4 is 28.3 Å². The van der Waals surface area contributed by atoms with Crippen LogP contribution in [0, 0.1) is 0 Å². The van der Waals surface area contributed by atoms with Crippen molar-refractivity contribution in [3.8, 4) is 10.8 Å². The third-order valence-corrected chi connectivity index (χ3v) is 5.80. The first kappa shape index (κ1) is 16.9. The molecule has 5 rings (SSSR count). The molecule has 0 saturated carbocycles. The Morgan fingerprint density at radius 1 is 1.25 bits per heavy atom. The van der Waals surface area contributed by atoms with E-state index in [0.717, 1.165) is 11.3 Å². The van der Waals surface area contributed by atoms with Crippen LogP contribution in [-0.2, 0) is 11.3 Å². The van der Waals surface area contributed by atoms with Crippen LogP contribution in [-0.4, -0.2) is 38.6 Å². The first-order chi connectivity index (χ1) is 13.7. The van der Waals surface area contributed by atoms with Crippen LogP contribution in [0.4, 0.5) is 0 Å². The van der Waals surface area contributed by atoms with Crippen LogP contribution >= 0.6 is 11.3 Å². The lowest BCUT2D eigenvalue weighted by Crippen LogP contribution is -2.34. The molecule has 9 heteroatoms. The summed E-state index contributed by atoms with van der Waals surface area (Å²) in [6.07, 6.45) is 0.760. The highest BCUT2D eigenvalue weighted by atomic mass is 32.1. The molecular formula is C19H16N4O4S. The number of amides is 1. The van der Waals surface area contributed by atoms with Gasteiger partial charge < -0.3 is 13.8 Å². The minimum Gasteiger partial charge on any atom is -0.408 e. The highest BCUT2D eigenvalue weighted by Gasteiger charge is 2.31. The maximum atomic E-state index is 12.7. The van der Waals surface area contributed by atoms with Gasteiger partial charge in [-0.05, 0) is 30.0 Å². The first-order valence-corrected chi connectivity index (χ1v) is 9.80. The molecule has 1 aliphatic rings. The summed E-state index contributed by atoms with van der Waals surface area (Å²) in [6, 6.07) is 10.9. The number of oxazole rings is 1. The van der Waals surface area contributed by atoms with Crippen LogP contribution in [0.25, 0.3) is 21.9 Å². The summed E-state index contributed by atoms with van der Waals surface area (Å²) in [5.74, 6) is 0.497. The molecule has 0 N–H and O–H groups in total. The van der Waals surface area contributed by atoms with Crippen molar-refractivity contribution in [1.29, 1.82) is 0 Å². The standard InChI is InChI=1S/C19H16N4O4S/c24-16(11-23-13-4-1-2-5-14(13)26-19(23)25)22-8-7-12(10-22)17-20-18(27-21-17)15-6-3-9-28-15/h1-6,9,12H,7-8,10-11H2/t12-/m1/s1. The molecule has 1 aliphatic heterocycles. The minimum atomic E-state index is -0.524. The van der Waals surface area contributed by atoms with Gasteiger partial charge in [0.1, 0.15) is 6.54 Å². The molecular weight excluding hydrogens is 380 g/mol. The van der Waals surface area contributed by atoms with Gasteiger partial charge in [-0.2, -0.15) is 4.98 Å². The van der Waals surface area contributed by atoms with Gasteiger partial charge in [0.05, 0.1) is 10.4 Å². The van der Waals surface area contributed by atoms with E-state index in [1.165, 1.54) is 15.9 Å². The molecule has 8 nitrogen and oxygen atoms in total. The number of aromatic nitrogens is 3. The number of para-hydroxylation sites is 2. The Bertz CT molecular complexity index is 1190. The summed E-state index contributed by atoms with van der Waals surface area (Å²) in [6.45, 7) is 1.05. The molecule has 1 saturated heterocycles. The van der Waals surface area contributed by atoms with Gasteiger partial charge in [0, 0.05) is 19.0 Å². The van der Waals surface area contributed by atoms with E-state index in [1.54, 1.807) is 23.1 Å². The maximum Gasteiger partial charge on any atom is 0.420 e. The average Bonchev–Trinajstić information content (AvgIpc) is 3.48. The molecule has 1 aromatic carbocycles. The molecule has 1 fully saturated rings. The van der Waals surface area contributed by atoms with E-state index in [2.05, 4.69) is 10.1 Å². The number of fused-ring (bicyclic) bond motifs is 1. The number of thiophene rings is 1. The number of hydrogen-bond acceptors (Lipinski definition) is 7. The van der Waals surface area contributed by atoms with Gasteiger partial charge in [-0.15, -0.1) is 11.3 Å². The third-order valence-electron chi connectivity index (χ3n) is 4.95. The molecule has 3 aromatic heterocycles. The van der Waals surface area contributed by atoms with E-state index in [0.29, 0.717) is 35.9 Å². The van der Waals surface area contributed by atoms with Crippen LogP contribution in [0.5, 0.6) is 0 Å². The SMILES string of the molecule is O=C(Cn1c(=O)oc2ccccc21)N1CC[C@@H](c2noc(-c3cccs3)n2)C1. The zero-order valence-electron chi connectivity index (χ0n) is 14.8. The number of nitrogens with zero attached hydrogens (tertiary/aromatic N) is 4. The summed E-state index contributed by atoms with van der Waals surface area (Å²) in [5, 5.41) is 6.05. The van der Waals surface area contributed by atoms with E-state index in [-0.39, 0.29) is 18.4 Å². The van der Waals surface area contributed by atoms with Crippen LogP contribution < -0.4 is 5.76 Å². The Labute approximate surface area is 163 Å². The number of rotatable bonds is 4. The van der Waals surface area contributed by atoms with Gasteiger partial charge in [0.15, 0.2) is 11.4 Å². The fraction of sp³-hybridized carbons (Fsp3) is 0.263. The van der Waals surface area contributed by atoms with E-state index in [1.807, 2.05) is 23.6 Å². The largest absolute Gasteiger partial charge is 0.420 e. The van der Waals surface area contributed by atoms with Crippen LogP contribution in [0.15, 0.2) is 55.5 Å². The maximum absolute atomic E-state index is 12.7. The molecule has 1 amide bonds. The number of carbonyl (C=O) groups excluding carboxylic acids is 1. The molecule has 0 aliphatic carbocycles. The second kappa shape index (κ2) is 6.75. The van der Waals surface area contributed by atoms with Crippen molar-refractivity contribution in [2.24, 2.45) is 0 Å².